The van der Waals surface area contributed by atoms with Crippen molar-refractivity contribution in [2.45, 2.75) is 38.9 Å². The molecule has 0 saturated heterocycles. The Morgan fingerprint density at radius 1 is 1.42 bits per heavy atom. The van der Waals surface area contributed by atoms with E-state index in [0.29, 0.717) is 17.4 Å². The van der Waals surface area contributed by atoms with E-state index in [2.05, 4.69) is 15.3 Å². The lowest BCUT2D eigenvalue weighted by atomic mass is 9.99. The van der Waals surface area contributed by atoms with E-state index >= 15 is 0 Å². The second-order valence-corrected chi connectivity index (χ2v) is 6.06. The summed E-state index contributed by atoms with van der Waals surface area (Å²) in [6.45, 7) is 2.19. The fourth-order valence-electron chi connectivity index (χ4n) is 2.09. The summed E-state index contributed by atoms with van der Waals surface area (Å²) in [5.74, 6) is -0.561. The number of pyridine rings is 1. The zero-order chi connectivity index (χ0) is 17.9. The molecule has 24 heavy (non-hydrogen) atoms. The Bertz CT molecular complexity index is 646. The Morgan fingerprint density at radius 2 is 2.08 bits per heavy atom. The number of aliphatic imine (C=N–C) groups is 1. The van der Waals surface area contributed by atoms with Gasteiger partial charge in [-0.2, -0.15) is 17.6 Å². The molecule has 4 nitrogen and oxygen atoms in total. The molecule has 1 aromatic heterocycles. The molecule has 3 N–H and O–H groups in total. The second-order valence-electron chi connectivity index (χ2n) is 6.06. The first kappa shape index (κ1) is 18.2. The van der Waals surface area contributed by atoms with Crippen LogP contribution in [0.2, 0.25) is 0 Å². The first-order valence-electron chi connectivity index (χ1n) is 7.67. The number of rotatable bonds is 6. The molecule has 1 fully saturated rings. The molecule has 0 amide bonds. The monoisotopic (exact) mass is 344 g/mol. The van der Waals surface area contributed by atoms with Gasteiger partial charge in [0.15, 0.2) is 0 Å². The lowest BCUT2D eigenvalue weighted by Gasteiger charge is -2.13. The highest BCUT2D eigenvalue weighted by Gasteiger charge is 2.26. The van der Waals surface area contributed by atoms with Gasteiger partial charge >= 0.3 is 6.18 Å². The van der Waals surface area contributed by atoms with E-state index in [1.807, 2.05) is 0 Å². The predicted molar refractivity (Wildman–Crippen MR) is 86.2 cm³/mol. The molecule has 132 valence electrons. The maximum absolute atomic E-state index is 14.2. The van der Waals surface area contributed by atoms with Crippen molar-refractivity contribution in [2.24, 2.45) is 16.6 Å². The molecule has 0 unspecified atom stereocenters. The van der Waals surface area contributed by atoms with E-state index in [4.69, 9.17) is 5.73 Å². The smallest absolute Gasteiger partial charge is 0.398 e. The fraction of sp³-hybridized carbons (Fsp3) is 0.500. The number of nitrogens with one attached hydrogen (secondary N) is 1. The molecule has 0 atom stereocenters. The zero-order valence-electron chi connectivity index (χ0n) is 13.5. The van der Waals surface area contributed by atoms with Gasteiger partial charge in [-0.05, 0) is 36.5 Å². The van der Waals surface area contributed by atoms with Crippen molar-refractivity contribution in [1.29, 1.82) is 0 Å². The van der Waals surface area contributed by atoms with E-state index < -0.39 is 18.7 Å². The van der Waals surface area contributed by atoms with Gasteiger partial charge < -0.3 is 11.1 Å². The molecular weight excluding hydrogens is 324 g/mol. The van der Waals surface area contributed by atoms with Crippen molar-refractivity contribution in [3.63, 3.8) is 0 Å². The molecule has 0 radical (unpaired) electrons. The molecule has 1 aromatic rings. The Kier molecular flexibility index (Phi) is 5.46. The van der Waals surface area contributed by atoms with Gasteiger partial charge in [-0.1, -0.05) is 13.8 Å². The van der Waals surface area contributed by atoms with Crippen LogP contribution in [0.5, 0.6) is 0 Å². The summed E-state index contributed by atoms with van der Waals surface area (Å²) in [4.78, 5) is 7.18. The van der Waals surface area contributed by atoms with E-state index in [0.717, 1.165) is 19.1 Å². The molecule has 1 heterocycles. The normalized spacial score (nSPS) is 16.6. The van der Waals surface area contributed by atoms with Gasteiger partial charge in [0.05, 0.1) is 5.56 Å². The lowest BCUT2D eigenvalue weighted by Crippen LogP contribution is -2.14. The van der Waals surface area contributed by atoms with Crippen LogP contribution in [0.3, 0.4) is 0 Å². The van der Waals surface area contributed by atoms with Crippen LogP contribution < -0.4 is 11.1 Å². The Balaban J connectivity index is 2.25. The zero-order valence-corrected chi connectivity index (χ0v) is 13.5. The SMILES string of the molecule is CC(C)/C(C=NCC(F)(F)F)=C(/N)c1ccc(NC2CC2)nc1F. The number of nitrogens with two attached hydrogens (primary N) is 1. The van der Waals surface area contributed by atoms with Crippen molar-refractivity contribution in [2.75, 3.05) is 11.9 Å². The van der Waals surface area contributed by atoms with Crippen LogP contribution in [-0.2, 0) is 0 Å². The van der Waals surface area contributed by atoms with Crippen molar-refractivity contribution in [3.8, 4) is 0 Å². The average molecular weight is 344 g/mol. The molecular formula is C16H20F4N4. The number of aromatic nitrogens is 1. The number of halogens is 4. The number of nitrogens with zero attached hydrogens (tertiary/aromatic N) is 2. The van der Waals surface area contributed by atoms with Crippen molar-refractivity contribution in [1.82, 2.24) is 4.98 Å². The van der Waals surface area contributed by atoms with Crippen LogP contribution in [0.4, 0.5) is 23.4 Å². The highest BCUT2D eigenvalue weighted by molar-refractivity contribution is 5.90. The van der Waals surface area contributed by atoms with Crippen molar-refractivity contribution in [3.05, 3.63) is 29.2 Å². The van der Waals surface area contributed by atoms with Crippen LogP contribution in [0.1, 0.15) is 32.3 Å². The number of hydrogen-bond acceptors (Lipinski definition) is 4. The molecule has 1 aliphatic carbocycles. The number of alkyl halides is 3. The second kappa shape index (κ2) is 7.19. The van der Waals surface area contributed by atoms with Gasteiger partial charge in [-0.3, -0.25) is 4.99 Å². The molecule has 0 aromatic carbocycles. The highest BCUT2D eigenvalue weighted by Crippen LogP contribution is 2.26. The summed E-state index contributed by atoms with van der Waals surface area (Å²) >= 11 is 0. The van der Waals surface area contributed by atoms with E-state index in [1.165, 1.54) is 6.07 Å². The van der Waals surface area contributed by atoms with Crippen LogP contribution >= 0.6 is 0 Å². The Hall–Kier alpha value is -2.12. The van der Waals surface area contributed by atoms with Gasteiger partial charge in [0.25, 0.3) is 0 Å². The Labute approximate surface area is 137 Å². The third-order valence-electron chi connectivity index (χ3n) is 3.50. The van der Waals surface area contributed by atoms with Crippen molar-refractivity contribution < 1.29 is 17.6 Å². The summed E-state index contributed by atoms with van der Waals surface area (Å²) in [7, 11) is 0. The topological polar surface area (TPSA) is 63.3 Å². The molecule has 1 saturated carbocycles. The van der Waals surface area contributed by atoms with E-state index in [1.54, 1.807) is 19.9 Å². The summed E-state index contributed by atoms with van der Waals surface area (Å²) < 4.78 is 50.8. The van der Waals surface area contributed by atoms with E-state index in [-0.39, 0.29) is 17.2 Å². The quantitative estimate of drug-likeness (QED) is 0.469. The number of allylic oxidation sites excluding steroid dienone is 1. The minimum absolute atomic E-state index is 0.0406. The molecule has 0 bridgehead atoms. The van der Waals surface area contributed by atoms with Crippen LogP contribution in [-0.4, -0.2) is 30.0 Å². The third kappa shape index (κ3) is 5.21. The average Bonchev–Trinajstić information content (AvgIpc) is 3.25. The van der Waals surface area contributed by atoms with Gasteiger partial charge in [-0.15, -0.1) is 0 Å². The minimum atomic E-state index is -4.39. The first-order valence-corrected chi connectivity index (χ1v) is 7.67. The highest BCUT2D eigenvalue weighted by atomic mass is 19.4. The van der Waals surface area contributed by atoms with E-state index in [9.17, 15) is 17.6 Å². The molecule has 0 aliphatic heterocycles. The first-order chi connectivity index (χ1) is 11.2. The minimum Gasteiger partial charge on any atom is -0.398 e. The number of anilines is 1. The summed E-state index contributed by atoms with van der Waals surface area (Å²) in [5, 5.41) is 3.07. The Morgan fingerprint density at radius 3 is 2.58 bits per heavy atom. The van der Waals surface area contributed by atoms with Gasteiger partial charge in [0.2, 0.25) is 5.95 Å². The van der Waals surface area contributed by atoms with Crippen molar-refractivity contribution >= 4 is 17.7 Å². The largest absolute Gasteiger partial charge is 0.407 e. The molecule has 2 rings (SSSR count). The van der Waals surface area contributed by atoms with Gasteiger partial charge in [-0.25, -0.2) is 4.98 Å². The maximum atomic E-state index is 14.2. The van der Waals surface area contributed by atoms with Crippen LogP contribution in [0, 0.1) is 11.9 Å². The molecule has 0 spiro atoms. The lowest BCUT2D eigenvalue weighted by molar-refractivity contribution is -0.118. The van der Waals surface area contributed by atoms with Gasteiger partial charge in [0.1, 0.15) is 12.4 Å². The molecule has 8 heteroatoms. The fourth-order valence-corrected chi connectivity index (χ4v) is 2.09. The summed E-state index contributed by atoms with van der Waals surface area (Å²) in [6.07, 6.45) is -1.28. The van der Waals surface area contributed by atoms with Crippen LogP contribution in [0.25, 0.3) is 5.70 Å². The summed E-state index contributed by atoms with van der Waals surface area (Å²) in [6, 6.07) is 3.41. The number of hydrogen-bond donors (Lipinski definition) is 2. The van der Waals surface area contributed by atoms with Gasteiger partial charge in [0, 0.05) is 18.0 Å². The predicted octanol–water partition coefficient (Wildman–Crippen LogP) is 3.75. The third-order valence-corrected chi connectivity index (χ3v) is 3.50. The van der Waals surface area contributed by atoms with Crippen LogP contribution in [0.15, 0.2) is 22.7 Å². The molecule has 1 aliphatic rings. The maximum Gasteiger partial charge on any atom is 0.407 e. The summed E-state index contributed by atoms with van der Waals surface area (Å²) in [5.41, 5.74) is 6.39. The standard InChI is InChI=1S/C16H20F4N4/c1-9(2)12(7-22-8-16(18,19)20)14(21)11-5-6-13(24-15(11)17)23-10-3-4-10/h5-7,9-10H,3-4,8,21H2,1-2H3,(H,23,24)/b14-12+,22-7?.